The van der Waals surface area contributed by atoms with Gasteiger partial charge < -0.3 is 12.7 Å². The van der Waals surface area contributed by atoms with Gasteiger partial charge in [0.15, 0.2) is 0 Å². The van der Waals surface area contributed by atoms with Crippen molar-refractivity contribution in [2.75, 3.05) is 5.23 Å². The minimum absolute atomic E-state index is 0. The van der Waals surface area contributed by atoms with Crippen molar-refractivity contribution in [2.45, 2.75) is 40.4 Å². The third kappa shape index (κ3) is 4.28. The Labute approximate surface area is 166 Å². The monoisotopic (exact) mass is 294 g/mol. The van der Waals surface area contributed by atoms with Crippen LogP contribution in [0.5, 0.6) is 0 Å². The number of benzene rings is 1. The van der Waals surface area contributed by atoms with Crippen molar-refractivity contribution in [1.29, 1.82) is 0 Å². The third-order valence-corrected chi connectivity index (χ3v) is 3.18. The molecule has 5 heteroatoms. The topological polar surface area (TPSA) is 37.8 Å². The SMILES string of the molecule is C[B]Nc1nc(CC)nc2cc(CC)c(C)cc12.[CH3-].[K+]. The van der Waals surface area contributed by atoms with E-state index in [1.807, 2.05) is 14.2 Å². The molecule has 0 bridgehead atoms. The standard InChI is InChI=1S/C14H19BN3.CH3.K/c1-5-10-8-12-11(7-9(10)3)14(18-15-4)17-13(6-2)16-12;;/h7-8H,5-6H2,1-4H3,(H,16,17,18);1H3;/q;-1;+1. The van der Waals surface area contributed by atoms with Crippen molar-refractivity contribution in [2.24, 2.45) is 0 Å². The molecule has 0 spiro atoms. The Kier molecular flexibility index (Phi) is 9.18. The van der Waals surface area contributed by atoms with Gasteiger partial charge in [-0.3, -0.25) is 0 Å². The van der Waals surface area contributed by atoms with Crippen LogP contribution in [0.25, 0.3) is 10.9 Å². The number of hydrogen-bond acceptors (Lipinski definition) is 3. The molecule has 0 fully saturated rings. The number of nitrogens with zero attached hydrogens (tertiary/aromatic N) is 2. The maximum absolute atomic E-state index is 4.62. The van der Waals surface area contributed by atoms with E-state index in [1.165, 1.54) is 11.1 Å². The summed E-state index contributed by atoms with van der Waals surface area (Å²) in [7, 11) is 1.91. The van der Waals surface area contributed by atoms with E-state index < -0.39 is 0 Å². The van der Waals surface area contributed by atoms with Gasteiger partial charge >= 0.3 is 51.4 Å². The van der Waals surface area contributed by atoms with Gasteiger partial charge in [0.25, 0.3) is 0 Å². The summed E-state index contributed by atoms with van der Waals surface area (Å²) in [6, 6.07) is 4.37. The van der Waals surface area contributed by atoms with Crippen LogP contribution in [-0.4, -0.2) is 17.4 Å². The van der Waals surface area contributed by atoms with Gasteiger partial charge in [-0.15, -0.1) is 0 Å². The van der Waals surface area contributed by atoms with Gasteiger partial charge in [-0.25, -0.2) is 9.97 Å². The molecule has 2 rings (SSSR count). The minimum Gasteiger partial charge on any atom is -0.417 e. The van der Waals surface area contributed by atoms with Gasteiger partial charge in [0.2, 0.25) is 7.41 Å². The molecule has 1 heterocycles. The van der Waals surface area contributed by atoms with Crippen molar-refractivity contribution in [3.63, 3.8) is 0 Å². The summed E-state index contributed by atoms with van der Waals surface area (Å²) >= 11 is 0. The van der Waals surface area contributed by atoms with Crippen LogP contribution in [0.1, 0.15) is 30.8 Å². The molecule has 1 radical (unpaired) electrons. The van der Waals surface area contributed by atoms with E-state index in [-0.39, 0.29) is 58.8 Å². The van der Waals surface area contributed by atoms with E-state index in [0.29, 0.717) is 0 Å². The first-order chi connectivity index (χ1) is 8.69. The molecule has 0 aliphatic heterocycles. The molecule has 101 valence electrons. The average Bonchev–Trinajstić information content (AvgIpc) is 2.38. The Hall–Kier alpha value is 0.0613. The Balaban J connectivity index is 0.00000180. The first-order valence-corrected chi connectivity index (χ1v) is 6.54. The van der Waals surface area contributed by atoms with E-state index >= 15 is 0 Å². The molecule has 0 saturated carbocycles. The average molecular weight is 294 g/mol. The maximum Gasteiger partial charge on any atom is 1.00 e. The van der Waals surface area contributed by atoms with Crippen molar-refractivity contribution in [1.82, 2.24) is 9.97 Å². The normalized spacial score (nSPS) is 9.60. The molecule has 20 heavy (non-hydrogen) atoms. The summed E-state index contributed by atoms with van der Waals surface area (Å²) in [4.78, 5) is 9.17. The van der Waals surface area contributed by atoms with E-state index in [0.717, 1.165) is 35.4 Å². The van der Waals surface area contributed by atoms with Gasteiger partial charge in [0, 0.05) is 11.8 Å². The van der Waals surface area contributed by atoms with Crippen molar-refractivity contribution < 1.29 is 51.4 Å². The molecule has 0 unspecified atom stereocenters. The van der Waals surface area contributed by atoms with Crippen LogP contribution in [0.15, 0.2) is 12.1 Å². The van der Waals surface area contributed by atoms with Crippen molar-refractivity contribution >= 4 is 24.1 Å². The Morgan fingerprint density at radius 2 is 1.85 bits per heavy atom. The second-order valence-corrected chi connectivity index (χ2v) is 4.42. The van der Waals surface area contributed by atoms with Crippen molar-refractivity contribution in [3.05, 3.63) is 36.5 Å². The Morgan fingerprint density at radius 1 is 1.15 bits per heavy atom. The minimum atomic E-state index is 0. The van der Waals surface area contributed by atoms with Crippen LogP contribution >= 0.6 is 0 Å². The van der Waals surface area contributed by atoms with Gasteiger partial charge in [-0.05, 0) is 36.6 Å². The molecule has 1 N–H and O–H groups in total. The molecular weight excluding hydrogens is 272 g/mol. The van der Waals surface area contributed by atoms with Crippen LogP contribution in [-0.2, 0) is 12.8 Å². The maximum atomic E-state index is 4.62. The van der Waals surface area contributed by atoms with Crippen LogP contribution < -0.4 is 56.6 Å². The first-order valence-electron chi connectivity index (χ1n) is 6.54. The molecule has 0 aliphatic carbocycles. The quantitative estimate of drug-likeness (QED) is 0.663. The fraction of sp³-hybridized carbons (Fsp3) is 0.400. The zero-order valence-electron chi connectivity index (χ0n) is 13.5. The molecule has 1 aromatic carbocycles. The molecule has 2 aromatic rings. The summed E-state index contributed by atoms with van der Waals surface area (Å²) in [6.07, 6.45) is 1.89. The number of fused-ring (bicyclic) bond motifs is 1. The van der Waals surface area contributed by atoms with Crippen molar-refractivity contribution in [3.8, 4) is 0 Å². The number of hydrogen-bond donors (Lipinski definition) is 1. The van der Waals surface area contributed by atoms with E-state index in [4.69, 9.17) is 0 Å². The van der Waals surface area contributed by atoms with Crippen LogP contribution in [0.3, 0.4) is 0 Å². The van der Waals surface area contributed by atoms with E-state index in [1.54, 1.807) is 0 Å². The number of aromatic nitrogens is 2. The molecular formula is C15H22BKN3. The second kappa shape index (κ2) is 9.15. The van der Waals surface area contributed by atoms with Gasteiger partial charge in [-0.2, -0.15) is 0 Å². The zero-order chi connectivity index (χ0) is 13.1. The molecule has 3 nitrogen and oxygen atoms in total. The predicted octanol–water partition coefficient (Wildman–Crippen LogP) is 0.597. The third-order valence-electron chi connectivity index (χ3n) is 3.18. The van der Waals surface area contributed by atoms with Crippen LogP contribution in [0.4, 0.5) is 5.82 Å². The number of rotatable bonds is 4. The van der Waals surface area contributed by atoms with Crippen LogP contribution in [0, 0.1) is 14.4 Å². The van der Waals surface area contributed by atoms with Gasteiger partial charge in [0.1, 0.15) is 11.6 Å². The smallest absolute Gasteiger partial charge is 0.417 e. The molecule has 0 atom stereocenters. The summed E-state index contributed by atoms with van der Waals surface area (Å²) in [5.41, 5.74) is 3.69. The summed E-state index contributed by atoms with van der Waals surface area (Å²) in [5, 5.41) is 4.31. The summed E-state index contributed by atoms with van der Waals surface area (Å²) < 4.78 is 0. The molecule has 0 aliphatic rings. The van der Waals surface area contributed by atoms with E-state index in [9.17, 15) is 0 Å². The first kappa shape index (κ1) is 20.1. The molecule has 0 saturated heterocycles. The number of nitrogens with one attached hydrogen (secondary N) is 1. The predicted molar refractivity (Wildman–Crippen MR) is 84.7 cm³/mol. The Morgan fingerprint density at radius 3 is 2.40 bits per heavy atom. The van der Waals surface area contributed by atoms with Crippen LogP contribution in [0.2, 0.25) is 6.82 Å². The van der Waals surface area contributed by atoms with Gasteiger partial charge in [-0.1, -0.05) is 20.7 Å². The van der Waals surface area contributed by atoms with E-state index in [2.05, 4.69) is 48.1 Å². The number of anilines is 1. The zero-order valence-corrected chi connectivity index (χ0v) is 16.7. The molecule has 1 aromatic heterocycles. The molecule has 0 amide bonds. The number of aryl methyl sites for hydroxylation is 3. The fourth-order valence-corrected chi connectivity index (χ4v) is 2.16. The second-order valence-electron chi connectivity index (χ2n) is 4.42. The Bertz CT molecular complexity index is 573. The fourth-order valence-electron chi connectivity index (χ4n) is 2.16. The van der Waals surface area contributed by atoms with Gasteiger partial charge in [0.05, 0.1) is 5.52 Å². The largest absolute Gasteiger partial charge is 1.00 e. The summed E-state index contributed by atoms with van der Waals surface area (Å²) in [6.45, 7) is 8.36. The summed E-state index contributed by atoms with van der Waals surface area (Å²) in [5.74, 6) is 1.79.